The SMILES string of the molecule is Cc1cc2nc(C3CCOCC3)cc(N)n2n1. The van der Waals surface area contributed by atoms with E-state index in [1.807, 2.05) is 19.1 Å². The molecule has 1 aliphatic heterocycles. The van der Waals surface area contributed by atoms with E-state index in [-0.39, 0.29) is 0 Å². The van der Waals surface area contributed by atoms with Crippen molar-refractivity contribution in [3.63, 3.8) is 0 Å². The Morgan fingerprint density at radius 2 is 2.12 bits per heavy atom. The van der Waals surface area contributed by atoms with Gasteiger partial charge in [0.15, 0.2) is 5.65 Å². The molecular weight excluding hydrogens is 216 g/mol. The Morgan fingerprint density at radius 3 is 2.88 bits per heavy atom. The number of fused-ring (bicyclic) bond motifs is 1. The molecule has 0 unspecified atom stereocenters. The van der Waals surface area contributed by atoms with E-state index in [4.69, 9.17) is 10.5 Å². The van der Waals surface area contributed by atoms with Crippen LogP contribution in [0.25, 0.3) is 5.65 Å². The summed E-state index contributed by atoms with van der Waals surface area (Å²) in [5, 5.41) is 4.30. The lowest BCUT2D eigenvalue weighted by Gasteiger charge is -2.21. The van der Waals surface area contributed by atoms with Gasteiger partial charge in [-0.25, -0.2) is 4.98 Å². The van der Waals surface area contributed by atoms with E-state index in [0.717, 1.165) is 43.1 Å². The fourth-order valence-electron chi connectivity index (χ4n) is 2.34. The minimum absolute atomic E-state index is 0.464. The number of anilines is 1. The Labute approximate surface area is 99.6 Å². The molecule has 0 aliphatic carbocycles. The minimum atomic E-state index is 0.464. The second kappa shape index (κ2) is 4.00. The molecule has 5 nitrogen and oxygen atoms in total. The van der Waals surface area contributed by atoms with Gasteiger partial charge < -0.3 is 10.5 Å². The van der Waals surface area contributed by atoms with Gasteiger partial charge in [0.25, 0.3) is 0 Å². The van der Waals surface area contributed by atoms with Crippen molar-refractivity contribution in [1.82, 2.24) is 14.6 Å². The third-order valence-corrected chi connectivity index (χ3v) is 3.24. The van der Waals surface area contributed by atoms with Gasteiger partial charge in [-0.2, -0.15) is 9.61 Å². The first-order valence-electron chi connectivity index (χ1n) is 5.94. The van der Waals surface area contributed by atoms with Crippen molar-refractivity contribution in [2.24, 2.45) is 0 Å². The Kier molecular flexibility index (Phi) is 2.48. The number of hydrogen-bond donors (Lipinski definition) is 1. The summed E-state index contributed by atoms with van der Waals surface area (Å²) in [6.45, 7) is 3.58. The lowest BCUT2D eigenvalue weighted by atomic mass is 9.96. The van der Waals surface area contributed by atoms with E-state index in [2.05, 4.69) is 10.1 Å². The molecule has 0 atom stereocenters. The fourth-order valence-corrected chi connectivity index (χ4v) is 2.34. The second-order valence-electron chi connectivity index (χ2n) is 4.55. The van der Waals surface area contributed by atoms with Crippen LogP contribution in [0.1, 0.15) is 30.1 Å². The summed E-state index contributed by atoms with van der Waals surface area (Å²) in [4.78, 5) is 4.65. The maximum Gasteiger partial charge on any atom is 0.157 e. The Morgan fingerprint density at radius 1 is 1.35 bits per heavy atom. The van der Waals surface area contributed by atoms with Crippen molar-refractivity contribution in [3.05, 3.63) is 23.5 Å². The van der Waals surface area contributed by atoms with Crippen molar-refractivity contribution in [3.8, 4) is 0 Å². The zero-order valence-electron chi connectivity index (χ0n) is 9.89. The molecular formula is C12H16N4O. The molecule has 0 saturated carbocycles. The quantitative estimate of drug-likeness (QED) is 0.809. The van der Waals surface area contributed by atoms with Gasteiger partial charge in [0.05, 0.1) is 5.69 Å². The Bertz CT molecular complexity index is 543. The number of rotatable bonds is 1. The van der Waals surface area contributed by atoms with Gasteiger partial charge in [-0.3, -0.25) is 0 Å². The molecule has 1 saturated heterocycles. The largest absolute Gasteiger partial charge is 0.384 e. The lowest BCUT2D eigenvalue weighted by Crippen LogP contribution is -2.16. The van der Waals surface area contributed by atoms with Crippen LogP contribution in [0, 0.1) is 6.92 Å². The molecule has 3 heterocycles. The average molecular weight is 232 g/mol. The zero-order valence-corrected chi connectivity index (χ0v) is 9.89. The van der Waals surface area contributed by atoms with Crippen LogP contribution < -0.4 is 5.73 Å². The highest BCUT2D eigenvalue weighted by Crippen LogP contribution is 2.27. The number of nitrogen functional groups attached to an aromatic ring is 1. The molecule has 0 radical (unpaired) electrons. The summed E-state index contributed by atoms with van der Waals surface area (Å²) in [7, 11) is 0. The van der Waals surface area contributed by atoms with E-state index in [1.165, 1.54) is 0 Å². The molecule has 3 rings (SSSR count). The van der Waals surface area contributed by atoms with E-state index in [9.17, 15) is 0 Å². The van der Waals surface area contributed by atoms with Crippen molar-refractivity contribution in [1.29, 1.82) is 0 Å². The molecule has 2 aromatic heterocycles. The van der Waals surface area contributed by atoms with Gasteiger partial charge in [-0.15, -0.1) is 0 Å². The number of aryl methyl sites for hydroxylation is 1. The van der Waals surface area contributed by atoms with Crippen molar-refractivity contribution in [2.75, 3.05) is 18.9 Å². The Hall–Kier alpha value is -1.62. The number of ether oxygens (including phenoxy) is 1. The maximum atomic E-state index is 6.01. The van der Waals surface area contributed by atoms with Crippen LogP contribution in [-0.2, 0) is 4.74 Å². The van der Waals surface area contributed by atoms with Crippen LogP contribution in [0.4, 0.5) is 5.82 Å². The summed E-state index contributed by atoms with van der Waals surface area (Å²) in [5.74, 6) is 1.12. The molecule has 0 spiro atoms. The van der Waals surface area contributed by atoms with Crippen LogP contribution in [0.15, 0.2) is 12.1 Å². The van der Waals surface area contributed by atoms with Gasteiger partial charge >= 0.3 is 0 Å². The first-order chi connectivity index (χ1) is 8.24. The fraction of sp³-hybridized carbons (Fsp3) is 0.500. The van der Waals surface area contributed by atoms with Crippen LogP contribution >= 0.6 is 0 Å². The molecule has 90 valence electrons. The van der Waals surface area contributed by atoms with E-state index in [1.54, 1.807) is 4.52 Å². The molecule has 0 bridgehead atoms. The number of nitrogens with zero attached hydrogens (tertiary/aromatic N) is 3. The number of hydrogen-bond acceptors (Lipinski definition) is 4. The van der Waals surface area contributed by atoms with Gasteiger partial charge in [0.1, 0.15) is 5.82 Å². The highest BCUT2D eigenvalue weighted by atomic mass is 16.5. The molecule has 0 amide bonds. The maximum absolute atomic E-state index is 6.01. The van der Waals surface area contributed by atoms with Crippen LogP contribution in [0.2, 0.25) is 0 Å². The van der Waals surface area contributed by atoms with Crippen molar-refractivity contribution >= 4 is 11.5 Å². The van der Waals surface area contributed by atoms with Crippen molar-refractivity contribution < 1.29 is 4.74 Å². The van der Waals surface area contributed by atoms with Crippen LogP contribution in [0.3, 0.4) is 0 Å². The first-order valence-corrected chi connectivity index (χ1v) is 5.94. The predicted octanol–water partition coefficient (Wildman–Crippen LogP) is 1.51. The molecule has 5 heteroatoms. The number of aromatic nitrogens is 3. The van der Waals surface area contributed by atoms with E-state index < -0.39 is 0 Å². The summed E-state index contributed by atoms with van der Waals surface area (Å²) >= 11 is 0. The molecule has 1 aliphatic rings. The molecule has 2 aromatic rings. The minimum Gasteiger partial charge on any atom is -0.384 e. The Balaban J connectivity index is 2.04. The summed E-state index contributed by atoms with van der Waals surface area (Å²) in [6.07, 6.45) is 2.05. The summed E-state index contributed by atoms with van der Waals surface area (Å²) in [6, 6.07) is 3.90. The molecule has 17 heavy (non-hydrogen) atoms. The van der Waals surface area contributed by atoms with E-state index >= 15 is 0 Å². The highest BCUT2D eigenvalue weighted by molar-refractivity contribution is 5.48. The third kappa shape index (κ3) is 1.86. The zero-order chi connectivity index (χ0) is 11.8. The van der Waals surface area contributed by atoms with Gasteiger partial charge in [-0.05, 0) is 19.8 Å². The molecule has 2 N–H and O–H groups in total. The van der Waals surface area contributed by atoms with Gasteiger partial charge in [-0.1, -0.05) is 0 Å². The lowest BCUT2D eigenvalue weighted by molar-refractivity contribution is 0.0845. The van der Waals surface area contributed by atoms with Crippen molar-refractivity contribution in [2.45, 2.75) is 25.7 Å². The van der Waals surface area contributed by atoms with Gasteiger partial charge in [0.2, 0.25) is 0 Å². The third-order valence-electron chi connectivity index (χ3n) is 3.24. The number of nitrogens with two attached hydrogens (primary N) is 1. The molecule has 1 fully saturated rings. The van der Waals surface area contributed by atoms with Crippen LogP contribution in [-0.4, -0.2) is 27.8 Å². The predicted molar refractivity (Wildman–Crippen MR) is 64.9 cm³/mol. The highest BCUT2D eigenvalue weighted by Gasteiger charge is 2.18. The van der Waals surface area contributed by atoms with Gasteiger partial charge in [0, 0.05) is 37.0 Å². The second-order valence-corrected chi connectivity index (χ2v) is 4.55. The normalized spacial score (nSPS) is 17.7. The van der Waals surface area contributed by atoms with E-state index in [0.29, 0.717) is 11.7 Å². The smallest absolute Gasteiger partial charge is 0.157 e. The summed E-state index contributed by atoms with van der Waals surface area (Å²) in [5.41, 5.74) is 8.85. The standard InChI is InChI=1S/C12H16N4O/c1-8-6-12-14-10(7-11(13)16(12)15-8)9-2-4-17-5-3-9/h6-7,9H,2-5,13H2,1H3. The topological polar surface area (TPSA) is 65.4 Å². The molecule has 0 aromatic carbocycles. The first kappa shape index (κ1) is 10.5. The summed E-state index contributed by atoms with van der Waals surface area (Å²) < 4.78 is 7.06. The monoisotopic (exact) mass is 232 g/mol. The average Bonchev–Trinajstić information content (AvgIpc) is 2.71. The van der Waals surface area contributed by atoms with Crippen LogP contribution in [0.5, 0.6) is 0 Å².